The third-order valence-corrected chi connectivity index (χ3v) is 2.71. The van der Waals surface area contributed by atoms with Gasteiger partial charge in [-0.05, 0) is 35.8 Å². The number of rotatable bonds is 3. The van der Waals surface area contributed by atoms with Gasteiger partial charge in [0, 0.05) is 6.08 Å². The van der Waals surface area contributed by atoms with Crippen molar-refractivity contribution in [2.24, 2.45) is 0 Å². The number of carbonyl (C=O) groups is 1. The number of aliphatic carboxylic acids is 1. The quantitative estimate of drug-likeness (QED) is 0.664. The van der Waals surface area contributed by atoms with E-state index >= 15 is 0 Å². The molecular weight excluding hydrogens is 302 g/mol. The number of benzene rings is 1. The predicted octanol–water partition coefficient (Wildman–Crippen LogP) is 4.38. The summed E-state index contributed by atoms with van der Waals surface area (Å²) in [4.78, 5) is 10.4. The number of carboxylic acids is 1. The highest BCUT2D eigenvalue weighted by molar-refractivity contribution is 5.86. The van der Waals surface area contributed by atoms with Crippen LogP contribution in [0.5, 0.6) is 0 Å². The van der Waals surface area contributed by atoms with Crippen molar-refractivity contribution in [3.05, 3.63) is 40.5 Å². The highest BCUT2D eigenvalue weighted by atomic mass is 19.4. The first-order valence-corrected chi connectivity index (χ1v) is 5.69. The molecule has 1 aromatic rings. The number of hydrogen-bond donors (Lipinski definition) is 1. The topological polar surface area (TPSA) is 37.3 Å². The first-order chi connectivity index (χ1) is 9.48. The van der Waals surface area contributed by atoms with Crippen LogP contribution in [-0.4, -0.2) is 11.1 Å². The van der Waals surface area contributed by atoms with Crippen LogP contribution in [0.25, 0.3) is 6.08 Å². The van der Waals surface area contributed by atoms with E-state index in [-0.39, 0.29) is 6.42 Å². The zero-order chi connectivity index (χ0) is 16.4. The van der Waals surface area contributed by atoms with Gasteiger partial charge in [0.2, 0.25) is 0 Å². The Morgan fingerprint density at radius 1 is 1.10 bits per heavy atom. The van der Waals surface area contributed by atoms with E-state index < -0.39 is 40.6 Å². The van der Waals surface area contributed by atoms with Crippen LogP contribution in [0.2, 0.25) is 0 Å². The lowest BCUT2D eigenvalue weighted by Gasteiger charge is -2.19. The number of alkyl halides is 6. The second-order valence-electron chi connectivity index (χ2n) is 4.07. The van der Waals surface area contributed by atoms with Crippen molar-refractivity contribution in [2.45, 2.75) is 25.7 Å². The summed E-state index contributed by atoms with van der Waals surface area (Å²) in [7, 11) is 0. The van der Waals surface area contributed by atoms with E-state index in [0.717, 1.165) is 0 Å². The molecule has 1 rings (SSSR count). The van der Waals surface area contributed by atoms with Gasteiger partial charge < -0.3 is 5.11 Å². The maximum atomic E-state index is 12.9. The molecule has 0 bridgehead atoms. The van der Waals surface area contributed by atoms with Crippen LogP contribution >= 0.6 is 0 Å². The normalized spacial score (nSPS) is 12.9. The highest BCUT2D eigenvalue weighted by Crippen LogP contribution is 2.40. The van der Waals surface area contributed by atoms with E-state index in [4.69, 9.17) is 5.11 Å². The van der Waals surface area contributed by atoms with Crippen molar-refractivity contribution >= 4 is 12.0 Å². The monoisotopic (exact) mass is 312 g/mol. The van der Waals surface area contributed by atoms with Gasteiger partial charge in [-0.2, -0.15) is 26.3 Å². The molecule has 1 N–H and O–H groups in total. The van der Waals surface area contributed by atoms with Gasteiger partial charge in [0.05, 0.1) is 11.1 Å². The molecule has 0 fully saturated rings. The minimum Gasteiger partial charge on any atom is -0.478 e. The predicted molar refractivity (Wildman–Crippen MR) is 62.5 cm³/mol. The smallest absolute Gasteiger partial charge is 0.416 e. The SMILES string of the molecule is CCc1c(C(F)(F)F)ccc(C(F)(F)F)c1/C=C/C(=O)O. The summed E-state index contributed by atoms with van der Waals surface area (Å²) in [5.74, 6) is -1.55. The first kappa shape index (κ1) is 17.1. The second kappa shape index (κ2) is 5.79. The van der Waals surface area contributed by atoms with Gasteiger partial charge in [-0.25, -0.2) is 4.79 Å². The molecule has 0 spiro atoms. The summed E-state index contributed by atoms with van der Waals surface area (Å²) in [5, 5.41) is 8.47. The first-order valence-electron chi connectivity index (χ1n) is 5.69. The molecule has 8 heteroatoms. The maximum Gasteiger partial charge on any atom is 0.416 e. The molecule has 21 heavy (non-hydrogen) atoms. The van der Waals surface area contributed by atoms with Crippen LogP contribution in [0, 0.1) is 0 Å². The van der Waals surface area contributed by atoms with E-state index in [1.165, 1.54) is 6.92 Å². The summed E-state index contributed by atoms with van der Waals surface area (Å²) >= 11 is 0. The highest BCUT2D eigenvalue weighted by Gasteiger charge is 2.39. The van der Waals surface area contributed by atoms with Gasteiger partial charge in [-0.1, -0.05) is 6.92 Å². The van der Waals surface area contributed by atoms with Crippen molar-refractivity contribution in [2.75, 3.05) is 0 Å². The van der Waals surface area contributed by atoms with Crippen molar-refractivity contribution in [1.82, 2.24) is 0 Å². The molecule has 0 aromatic heterocycles. The van der Waals surface area contributed by atoms with E-state index in [2.05, 4.69) is 0 Å². The Bertz CT molecular complexity index is 569. The van der Waals surface area contributed by atoms with Crippen molar-refractivity contribution in [3.63, 3.8) is 0 Å². The molecular formula is C13H10F6O2. The molecule has 0 atom stereocenters. The van der Waals surface area contributed by atoms with Gasteiger partial charge in [0.25, 0.3) is 0 Å². The fraction of sp³-hybridized carbons (Fsp3) is 0.308. The van der Waals surface area contributed by atoms with Gasteiger partial charge in [0.1, 0.15) is 0 Å². The molecule has 116 valence electrons. The molecule has 0 heterocycles. The molecule has 0 aliphatic rings. The molecule has 0 aliphatic heterocycles. The molecule has 0 saturated carbocycles. The van der Waals surface area contributed by atoms with Crippen LogP contribution in [0.4, 0.5) is 26.3 Å². The minimum absolute atomic E-state index is 0.309. The third-order valence-electron chi connectivity index (χ3n) is 2.71. The lowest BCUT2D eigenvalue weighted by molar-refractivity contribution is -0.142. The van der Waals surface area contributed by atoms with Crippen LogP contribution in [0.3, 0.4) is 0 Å². The van der Waals surface area contributed by atoms with Crippen LogP contribution < -0.4 is 0 Å². The fourth-order valence-electron chi connectivity index (χ4n) is 1.90. The molecule has 2 nitrogen and oxygen atoms in total. The fourth-order valence-corrected chi connectivity index (χ4v) is 1.90. The van der Waals surface area contributed by atoms with Gasteiger partial charge >= 0.3 is 18.3 Å². The Hall–Kier alpha value is -1.99. The number of carboxylic acid groups (broad SMARTS) is 1. The summed E-state index contributed by atoms with van der Waals surface area (Å²) in [5.41, 5.74) is -3.87. The Morgan fingerprint density at radius 2 is 1.57 bits per heavy atom. The second-order valence-corrected chi connectivity index (χ2v) is 4.07. The van der Waals surface area contributed by atoms with Crippen LogP contribution in [0.1, 0.15) is 29.2 Å². The largest absolute Gasteiger partial charge is 0.478 e. The van der Waals surface area contributed by atoms with Gasteiger partial charge in [0.15, 0.2) is 0 Å². The van der Waals surface area contributed by atoms with Crippen LogP contribution in [-0.2, 0) is 23.6 Å². The summed E-state index contributed by atoms with van der Waals surface area (Å²) < 4.78 is 77.0. The van der Waals surface area contributed by atoms with E-state index in [0.29, 0.717) is 24.3 Å². The summed E-state index contributed by atoms with van der Waals surface area (Å²) in [6, 6.07) is 0.670. The molecule has 0 saturated heterocycles. The van der Waals surface area contributed by atoms with Crippen molar-refractivity contribution in [3.8, 4) is 0 Å². The Balaban J connectivity index is 3.68. The lowest BCUT2D eigenvalue weighted by Crippen LogP contribution is -2.15. The summed E-state index contributed by atoms with van der Waals surface area (Å²) in [6.45, 7) is 1.27. The van der Waals surface area contributed by atoms with Crippen molar-refractivity contribution in [1.29, 1.82) is 0 Å². The summed E-state index contributed by atoms with van der Waals surface area (Å²) in [6.07, 6.45) is -9.10. The van der Waals surface area contributed by atoms with Crippen molar-refractivity contribution < 1.29 is 36.2 Å². The average molecular weight is 312 g/mol. The zero-order valence-corrected chi connectivity index (χ0v) is 10.6. The van der Waals surface area contributed by atoms with E-state index in [1.54, 1.807) is 0 Å². The third kappa shape index (κ3) is 3.99. The Morgan fingerprint density at radius 3 is 1.95 bits per heavy atom. The van der Waals surface area contributed by atoms with Gasteiger partial charge in [-0.15, -0.1) is 0 Å². The van der Waals surface area contributed by atoms with Gasteiger partial charge in [-0.3, -0.25) is 0 Å². The molecule has 1 aromatic carbocycles. The Labute approximate surface area is 115 Å². The molecule has 0 aliphatic carbocycles. The van der Waals surface area contributed by atoms with E-state index in [9.17, 15) is 31.1 Å². The lowest BCUT2D eigenvalue weighted by atomic mass is 9.93. The average Bonchev–Trinajstić information content (AvgIpc) is 2.32. The van der Waals surface area contributed by atoms with Crippen LogP contribution in [0.15, 0.2) is 18.2 Å². The molecule has 0 amide bonds. The molecule has 0 unspecified atom stereocenters. The minimum atomic E-state index is -4.88. The van der Waals surface area contributed by atoms with E-state index in [1.807, 2.05) is 0 Å². The zero-order valence-electron chi connectivity index (χ0n) is 10.6. The standard InChI is InChI=1S/C13H10F6O2/c1-2-7-8(3-6-11(20)21)10(13(17,18)19)5-4-9(7)12(14,15)16/h3-6H,2H2,1H3,(H,20,21)/b6-3+. The number of hydrogen-bond acceptors (Lipinski definition) is 1. The Kier molecular flexibility index (Phi) is 4.70. The number of halogens is 6. The maximum absolute atomic E-state index is 12.9. The molecule has 0 radical (unpaired) electrons.